The van der Waals surface area contributed by atoms with E-state index in [0.717, 1.165) is 30.8 Å². The fourth-order valence-corrected chi connectivity index (χ4v) is 4.43. The average molecular weight is 327 g/mol. The number of rotatable bonds is 3. The van der Waals surface area contributed by atoms with Crippen molar-refractivity contribution < 1.29 is 8.42 Å². The molecule has 0 unspecified atom stereocenters. The lowest BCUT2D eigenvalue weighted by molar-refractivity contribution is 0.599. The van der Waals surface area contributed by atoms with Crippen LogP contribution >= 0.6 is 22.7 Å². The van der Waals surface area contributed by atoms with Gasteiger partial charge in [-0.2, -0.15) is 0 Å². The van der Waals surface area contributed by atoms with Crippen molar-refractivity contribution in [1.82, 2.24) is 4.98 Å². The monoisotopic (exact) mass is 327 g/mol. The lowest BCUT2D eigenvalue weighted by atomic mass is 10.1. The van der Waals surface area contributed by atoms with Crippen LogP contribution in [0.2, 0.25) is 0 Å². The molecular formula is C12H13N3O2S3. The van der Waals surface area contributed by atoms with Crippen molar-refractivity contribution in [2.24, 2.45) is 5.14 Å². The zero-order chi connectivity index (χ0) is 14.2. The van der Waals surface area contributed by atoms with Gasteiger partial charge in [-0.1, -0.05) is 23.5 Å². The van der Waals surface area contributed by atoms with Crippen molar-refractivity contribution in [3.05, 3.63) is 34.7 Å². The van der Waals surface area contributed by atoms with Crippen LogP contribution in [0.4, 0.5) is 5.13 Å². The standard InChI is InChI=1S/C12H13N3O2S3/c13-20(16,17)11-8-14-12(19-11)15-5-3-9(4-6-15)10-2-1-7-18-10/h1-3,7-8H,4-6H2,(H2,13,16,17). The molecular weight excluding hydrogens is 314 g/mol. The molecule has 0 fully saturated rings. The fourth-order valence-electron chi connectivity index (χ4n) is 2.06. The number of aromatic nitrogens is 1. The average Bonchev–Trinajstić information content (AvgIpc) is 3.10. The van der Waals surface area contributed by atoms with Crippen LogP contribution < -0.4 is 10.0 Å². The third-order valence-electron chi connectivity index (χ3n) is 3.07. The van der Waals surface area contributed by atoms with Gasteiger partial charge >= 0.3 is 0 Å². The fraction of sp³-hybridized carbons (Fsp3) is 0.250. The summed E-state index contributed by atoms with van der Waals surface area (Å²) in [4.78, 5) is 7.52. The number of anilines is 1. The van der Waals surface area contributed by atoms with E-state index >= 15 is 0 Å². The Bertz CT molecular complexity index is 732. The molecule has 0 radical (unpaired) electrons. The van der Waals surface area contributed by atoms with E-state index in [1.807, 2.05) is 6.07 Å². The number of thiazole rings is 1. The van der Waals surface area contributed by atoms with Crippen molar-refractivity contribution >= 4 is 43.4 Å². The molecule has 0 aromatic carbocycles. The van der Waals surface area contributed by atoms with Gasteiger partial charge in [0.05, 0.1) is 6.20 Å². The molecule has 106 valence electrons. The Morgan fingerprint density at radius 3 is 2.80 bits per heavy atom. The minimum absolute atomic E-state index is 0.112. The zero-order valence-electron chi connectivity index (χ0n) is 10.5. The van der Waals surface area contributed by atoms with E-state index in [2.05, 4.69) is 27.4 Å². The van der Waals surface area contributed by atoms with Crippen molar-refractivity contribution in [3.8, 4) is 0 Å². The second-order valence-corrected chi connectivity index (χ2v) is 8.15. The van der Waals surface area contributed by atoms with Crippen LogP contribution in [0.15, 0.2) is 34.0 Å². The Morgan fingerprint density at radius 2 is 2.25 bits per heavy atom. The third-order valence-corrected chi connectivity index (χ3v) is 6.48. The molecule has 0 aliphatic carbocycles. The number of hydrogen-bond acceptors (Lipinski definition) is 6. The Morgan fingerprint density at radius 1 is 1.40 bits per heavy atom. The van der Waals surface area contributed by atoms with Gasteiger partial charge in [0.2, 0.25) is 10.0 Å². The van der Waals surface area contributed by atoms with Crippen LogP contribution in [0.25, 0.3) is 5.57 Å². The highest BCUT2D eigenvalue weighted by Gasteiger charge is 2.19. The molecule has 2 aromatic heterocycles. The molecule has 0 atom stereocenters. The smallest absolute Gasteiger partial charge is 0.249 e. The molecule has 0 saturated carbocycles. The first-order chi connectivity index (χ1) is 9.54. The van der Waals surface area contributed by atoms with E-state index in [1.165, 1.54) is 16.6 Å². The van der Waals surface area contributed by atoms with E-state index in [4.69, 9.17) is 5.14 Å². The first-order valence-corrected chi connectivity index (χ1v) is 9.25. The molecule has 1 aliphatic rings. The zero-order valence-corrected chi connectivity index (χ0v) is 13.0. The molecule has 3 heterocycles. The summed E-state index contributed by atoms with van der Waals surface area (Å²) in [6.45, 7) is 1.58. The van der Waals surface area contributed by atoms with Crippen LogP contribution in [-0.2, 0) is 10.0 Å². The summed E-state index contributed by atoms with van der Waals surface area (Å²) in [7, 11) is -3.65. The van der Waals surface area contributed by atoms with E-state index in [0.29, 0.717) is 5.13 Å². The Labute approximate surface area is 125 Å². The maximum atomic E-state index is 11.3. The lowest BCUT2D eigenvalue weighted by Gasteiger charge is -2.25. The van der Waals surface area contributed by atoms with Gasteiger partial charge in [0.1, 0.15) is 0 Å². The van der Waals surface area contributed by atoms with Crippen LogP contribution in [-0.4, -0.2) is 26.5 Å². The molecule has 0 spiro atoms. The maximum absolute atomic E-state index is 11.3. The highest BCUT2D eigenvalue weighted by atomic mass is 32.2. The predicted molar refractivity (Wildman–Crippen MR) is 82.6 cm³/mol. The minimum atomic E-state index is -3.65. The van der Waals surface area contributed by atoms with Gasteiger partial charge in [0.15, 0.2) is 9.34 Å². The second-order valence-electron chi connectivity index (χ2n) is 4.41. The summed E-state index contributed by atoms with van der Waals surface area (Å²) in [5.41, 5.74) is 1.35. The summed E-state index contributed by atoms with van der Waals surface area (Å²) in [5.74, 6) is 0. The molecule has 0 saturated heterocycles. The van der Waals surface area contributed by atoms with Gasteiger partial charge in [-0.3, -0.25) is 0 Å². The van der Waals surface area contributed by atoms with Crippen LogP contribution in [0.1, 0.15) is 11.3 Å². The normalized spacial score (nSPS) is 16.2. The number of nitrogens with zero attached hydrogens (tertiary/aromatic N) is 2. The van der Waals surface area contributed by atoms with E-state index < -0.39 is 10.0 Å². The van der Waals surface area contributed by atoms with Gasteiger partial charge in [0, 0.05) is 18.0 Å². The molecule has 2 N–H and O–H groups in total. The Hall–Kier alpha value is -1.22. The second kappa shape index (κ2) is 5.28. The lowest BCUT2D eigenvalue weighted by Crippen LogP contribution is -2.27. The molecule has 2 aromatic rings. The highest BCUT2D eigenvalue weighted by molar-refractivity contribution is 7.91. The van der Waals surface area contributed by atoms with Crippen molar-refractivity contribution in [1.29, 1.82) is 0 Å². The van der Waals surface area contributed by atoms with Crippen LogP contribution in [0, 0.1) is 0 Å². The first-order valence-electron chi connectivity index (χ1n) is 6.00. The number of thiophene rings is 1. The Kier molecular flexibility index (Phi) is 3.63. The van der Waals surface area contributed by atoms with Gasteiger partial charge in [-0.25, -0.2) is 18.5 Å². The van der Waals surface area contributed by atoms with Crippen molar-refractivity contribution in [2.45, 2.75) is 10.6 Å². The quantitative estimate of drug-likeness (QED) is 0.937. The molecule has 1 aliphatic heterocycles. The largest absolute Gasteiger partial charge is 0.344 e. The molecule has 5 nitrogen and oxygen atoms in total. The molecule has 8 heteroatoms. The summed E-state index contributed by atoms with van der Waals surface area (Å²) >= 11 is 2.86. The Balaban J connectivity index is 1.77. The van der Waals surface area contributed by atoms with Crippen LogP contribution in [0.5, 0.6) is 0 Å². The molecule has 0 amide bonds. The van der Waals surface area contributed by atoms with Gasteiger partial charge in [0.25, 0.3) is 0 Å². The first kappa shape index (κ1) is 13.7. The number of nitrogens with two attached hydrogens (primary N) is 1. The molecule has 0 bridgehead atoms. The van der Waals surface area contributed by atoms with Gasteiger partial charge in [-0.15, -0.1) is 11.3 Å². The van der Waals surface area contributed by atoms with E-state index in [-0.39, 0.29) is 4.21 Å². The maximum Gasteiger partial charge on any atom is 0.249 e. The SMILES string of the molecule is NS(=O)(=O)c1cnc(N2CC=C(c3cccs3)CC2)s1. The summed E-state index contributed by atoms with van der Waals surface area (Å²) < 4.78 is 22.6. The van der Waals surface area contributed by atoms with Crippen LogP contribution in [0.3, 0.4) is 0 Å². The predicted octanol–water partition coefficient (Wildman–Crippen LogP) is 2.15. The summed E-state index contributed by atoms with van der Waals surface area (Å²) in [6, 6.07) is 4.17. The van der Waals surface area contributed by atoms with Crippen molar-refractivity contribution in [2.75, 3.05) is 18.0 Å². The topological polar surface area (TPSA) is 76.3 Å². The van der Waals surface area contributed by atoms with Crippen molar-refractivity contribution in [3.63, 3.8) is 0 Å². The number of sulfonamides is 1. The van der Waals surface area contributed by atoms with E-state index in [9.17, 15) is 8.42 Å². The van der Waals surface area contributed by atoms with E-state index in [1.54, 1.807) is 11.3 Å². The highest BCUT2D eigenvalue weighted by Crippen LogP contribution is 2.31. The van der Waals surface area contributed by atoms with Gasteiger partial charge in [-0.05, 0) is 23.4 Å². The minimum Gasteiger partial charge on any atom is -0.344 e. The molecule has 20 heavy (non-hydrogen) atoms. The van der Waals surface area contributed by atoms with Gasteiger partial charge < -0.3 is 4.90 Å². The third kappa shape index (κ3) is 2.78. The number of primary sulfonamides is 1. The summed E-state index contributed by atoms with van der Waals surface area (Å²) in [5, 5.41) is 7.87. The summed E-state index contributed by atoms with van der Waals surface area (Å²) in [6.07, 6.45) is 4.44. The molecule has 3 rings (SSSR count). The number of hydrogen-bond donors (Lipinski definition) is 1.